The van der Waals surface area contributed by atoms with Crippen molar-refractivity contribution in [1.82, 2.24) is 25.8 Å². The van der Waals surface area contributed by atoms with Gasteiger partial charge in [0.15, 0.2) is 4.34 Å². The van der Waals surface area contributed by atoms with Gasteiger partial charge in [0.2, 0.25) is 17.7 Å². The van der Waals surface area contributed by atoms with E-state index in [1.165, 1.54) is 30.0 Å². The van der Waals surface area contributed by atoms with Crippen LogP contribution in [0.3, 0.4) is 0 Å². The molecule has 0 radical (unpaired) electrons. The summed E-state index contributed by atoms with van der Waals surface area (Å²) in [5.74, 6) is -0.249. The zero-order valence-electron chi connectivity index (χ0n) is 29.4. The summed E-state index contributed by atoms with van der Waals surface area (Å²) >= 11 is 15.1. The van der Waals surface area contributed by atoms with Gasteiger partial charge in [-0.15, -0.1) is 11.3 Å². The maximum absolute atomic E-state index is 13.3. The average molecular weight is 778 g/mol. The third-order valence-corrected chi connectivity index (χ3v) is 10.6. The van der Waals surface area contributed by atoms with Crippen LogP contribution in [-0.2, 0) is 25.7 Å². The molecule has 1 unspecified atom stereocenters. The number of alkyl carbamates (subject to hydrolysis) is 1. The second kappa shape index (κ2) is 19.5. The molecule has 1 aliphatic heterocycles. The Morgan fingerprint density at radius 1 is 1.06 bits per heavy atom. The third-order valence-electron chi connectivity index (χ3n) is 7.88. The van der Waals surface area contributed by atoms with Gasteiger partial charge in [0.05, 0.1) is 21.5 Å². The molecule has 15 heteroatoms. The molecule has 1 saturated heterocycles. The van der Waals surface area contributed by atoms with Crippen molar-refractivity contribution in [2.75, 3.05) is 30.7 Å². The molecule has 4 N–H and O–H groups in total. The fourth-order valence-corrected chi connectivity index (χ4v) is 7.39. The Labute approximate surface area is 318 Å². The number of aromatic nitrogens is 1. The van der Waals surface area contributed by atoms with Gasteiger partial charge in [-0.3, -0.25) is 19.3 Å². The monoisotopic (exact) mass is 776 g/mol. The van der Waals surface area contributed by atoms with E-state index in [2.05, 4.69) is 26.2 Å². The summed E-state index contributed by atoms with van der Waals surface area (Å²) in [4.78, 5) is 56.9. The lowest BCUT2D eigenvalue weighted by Crippen LogP contribution is -2.45. The molecule has 0 saturated carbocycles. The van der Waals surface area contributed by atoms with Gasteiger partial charge in [-0.1, -0.05) is 53.2 Å². The van der Waals surface area contributed by atoms with E-state index in [-0.39, 0.29) is 29.5 Å². The number of carbonyl (C=O) groups excluding carboxylic acids is 4. The molecule has 0 aliphatic carbocycles. The van der Waals surface area contributed by atoms with Gasteiger partial charge in [-0.25, -0.2) is 9.78 Å². The predicted molar refractivity (Wildman–Crippen MR) is 205 cm³/mol. The normalized spacial score (nSPS) is 14.4. The zero-order chi connectivity index (χ0) is 37.0. The van der Waals surface area contributed by atoms with Gasteiger partial charge in [-0.2, -0.15) is 0 Å². The summed E-state index contributed by atoms with van der Waals surface area (Å²) in [6.07, 6.45) is 2.70. The highest BCUT2D eigenvalue weighted by Crippen LogP contribution is 2.30. The lowest BCUT2D eigenvalue weighted by molar-refractivity contribution is -0.120. The van der Waals surface area contributed by atoms with E-state index in [0.717, 1.165) is 53.6 Å². The number of hydrogen-bond acceptors (Lipinski definition) is 9. The van der Waals surface area contributed by atoms with Crippen LogP contribution in [0.25, 0.3) is 11.3 Å². The number of thioether (sulfide) groups is 1. The molecule has 1 aliphatic rings. The molecule has 1 aromatic heterocycles. The van der Waals surface area contributed by atoms with E-state index < -0.39 is 17.7 Å². The minimum absolute atomic E-state index is 0.0194. The SMILES string of the molecule is CC(=O)NCCCCC(NC(=O)OC(C)(C)C)C(=O)Nc1cccc(-c2csc(SCC(=O)NC3CCN(Cc4ccc(Cl)c(Cl)c4)CC3)n2)c1. The Morgan fingerprint density at radius 2 is 1.82 bits per heavy atom. The van der Waals surface area contributed by atoms with Crippen molar-refractivity contribution in [3.8, 4) is 11.3 Å². The van der Waals surface area contributed by atoms with Crippen molar-refractivity contribution in [2.24, 2.45) is 0 Å². The first kappa shape index (κ1) is 40.4. The van der Waals surface area contributed by atoms with Crippen molar-refractivity contribution in [3.63, 3.8) is 0 Å². The van der Waals surface area contributed by atoms with Crippen molar-refractivity contribution in [3.05, 3.63) is 63.5 Å². The average Bonchev–Trinajstić information content (AvgIpc) is 3.54. The lowest BCUT2D eigenvalue weighted by Gasteiger charge is -2.32. The molecule has 2 heterocycles. The summed E-state index contributed by atoms with van der Waals surface area (Å²) in [6, 6.07) is 12.3. The van der Waals surface area contributed by atoms with Crippen LogP contribution >= 0.6 is 46.3 Å². The minimum Gasteiger partial charge on any atom is -0.444 e. The number of thiazole rings is 1. The van der Waals surface area contributed by atoms with E-state index in [9.17, 15) is 19.2 Å². The van der Waals surface area contributed by atoms with E-state index >= 15 is 0 Å². The standard InChI is InChI=1S/C36H46Cl2N6O5S2/c1-23(45)39-15-6-5-10-30(42-34(48)49-36(2,3)4)33(47)41-27-9-7-8-25(19-27)31-21-50-35(43-31)51-22-32(46)40-26-13-16-44(17-14-26)20-24-11-12-28(37)29(38)18-24/h7-9,11-12,18-19,21,26,30H,5-6,10,13-17,20,22H2,1-4H3,(H,39,45)(H,40,46)(H,41,47)(H,42,48). The first-order chi connectivity index (χ1) is 24.2. The number of nitrogens with one attached hydrogen (secondary N) is 4. The van der Waals surface area contributed by atoms with Crippen LogP contribution in [0.5, 0.6) is 0 Å². The minimum atomic E-state index is -0.837. The Kier molecular flexibility index (Phi) is 15.4. The van der Waals surface area contributed by atoms with Gasteiger partial charge in [0.25, 0.3) is 0 Å². The zero-order valence-corrected chi connectivity index (χ0v) is 32.5. The van der Waals surface area contributed by atoms with Gasteiger partial charge >= 0.3 is 6.09 Å². The number of likely N-dealkylation sites (tertiary alicyclic amines) is 1. The number of unbranched alkanes of at least 4 members (excludes halogenated alkanes) is 1. The smallest absolute Gasteiger partial charge is 0.408 e. The molecule has 0 bridgehead atoms. The lowest BCUT2D eigenvalue weighted by atomic mass is 10.0. The molecule has 1 fully saturated rings. The maximum atomic E-state index is 13.3. The highest BCUT2D eigenvalue weighted by atomic mass is 35.5. The van der Waals surface area contributed by atoms with Crippen LogP contribution in [0, 0.1) is 0 Å². The number of rotatable bonds is 15. The molecule has 4 rings (SSSR count). The molecular weight excluding hydrogens is 731 g/mol. The number of piperidine rings is 1. The maximum Gasteiger partial charge on any atom is 0.408 e. The van der Waals surface area contributed by atoms with E-state index in [1.807, 2.05) is 41.8 Å². The largest absolute Gasteiger partial charge is 0.444 e. The molecule has 4 amide bonds. The first-order valence-electron chi connectivity index (χ1n) is 16.9. The molecular formula is C36H46Cl2N6O5S2. The Morgan fingerprint density at radius 3 is 2.53 bits per heavy atom. The second-order valence-corrected chi connectivity index (χ2v) is 16.3. The van der Waals surface area contributed by atoms with Crippen LogP contribution < -0.4 is 21.3 Å². The fourth-order valence-electron chi connectivity index (χ4n) is 5.43. The second-order valence-electron chi connectivity index (χ2n) is 13.4. The molecule has 11 nitrogen and oxygen atoms in total. The fraction of sp³-hybridized carbons (Fsp3) is 0.472. The van der Waals surface area contributed by atoms with Crippen LogP contribution in [-0.4, -0.2) is 76.8 Å². The van der Waals surface area contributed by atoms with Crippen LogP contribution in [0.4, 0.5) is 10.5 Å². The van der Waals surface area contributed by atoms with Gasteiger partial charge in [-0.05, 0) is 82.7 Å². The van der Waals surface area contributed by atoms with Crippen molar-refractivity contribution >= 4 is 75.8 Å². The Bertz CT molecular complexity index is 1660. The number of ether oxygens (including phenoxy) is 1. The summed E-state index contributed by atoms with van der Waals surface area (Å²) in [5.41, 5.74) is 2.49. The number of nitrogens with zero attached hydrogens (tertiary/aromatic N) is 2. The van der Waals surface area contributed by atoms with Crippen LogP contribution in [0.15, 0.2) is 52.2 Å². The summed E-state index contributed by atoms with van der Waals surface area (Å²) in [6.45, 7) is 9.76. The van der Waals surface area contributed by atoms with Crippen molar-refractivity contribution < 1.29 is 23.9 Å². The molecule has 2 aromatic carbocycles. The predicted octanol–water partition coefficient (Wildman–Crippen LogP) is 7.13. The molecule has 0 spiro atoms. The first-order valence-corrected chi connectivity index (χ1v) is 19.6. The number of amides is 4. The number of halogens is 2. The van der Waals surface area contributed by atoms with Gasteiger partial charge in [0.1, 0.15) is 11.6 Å². The summed E-state index contributed by atoms with van der Waals surface area (Å²) in [5, 5.41) is 14.5. The van der Waals surface area contributed by atoms with Crippen LogP contribution in [0.2, 0.25) is 10.0 Å². The highest BCUT2D eigenvalue weighted by molar-refractivity contribution is 8.01. The Balaban J connectivity index is 1.25. The van der Waals surface area contributed by atoms with Gasteiger partial charge in [0, 0.05) is 55.8 Å². The number of anilines is 1. The van der Waals surface area contributed by atoms with E-state index in [0.29, 0.717) is 41.5 Å². The molecule has 1 atom stereocenters. The number of carbonyl (C=O) groups is 4. The van der Waals surface area contributed by atoms with E-state index in [1.54, 1.807) is 26.8 Å². The molecule has 3 aromatic rings. The number of hydrogen-bond donors (Lipinski definition) is 4. The molecule has 276 valence electrons. The van der Waals surface area contributed by atoms with E-state index in [4.69, 9.17) is 32.9 Å². The van der Waals surface area contributed by atoms with Crippen molar-refractivity contribution in [1.29, 1.82) is 0 Å². The quantitative estimate of drug-likeness (QED) is 0.0944. The van der Waals surface area contributed by atoms with Crippen molar-refractivity contribution in [2.45, 2.75) is 88.4 Å². The molecule has 51 heavy (non-hydrogen) atoms. The third kappa shape index (κ3) is 14.3. The number of benzene rings is 2. The van der Waals surface area contributed by atoms with Crippen LogP contribution in [0.1, 0.15) is 65.4 Å². The summed E-state index contributed by atoms with van der Waals surface area (Å²) in [7, 11) is 0. The van der Waals surface area contributed by atoms with Gasteiger partial charge < -0.3 is 26.0 Å². The highest BCUT2D eigenvalue weighted by Gasteiger charge is 2.25. The Hall–Kier alpha value is -3.36. The topological polar surface area (TPSA) is 142 Å². The summed E-state index contributed by atoms with van der Waals surface area (Å²) < 4.78 is 6.15.